The number of benzene rings is 4. The highest BCUT2D eigenvalue weighted by Gasteiger charge is 2.22. The van der Waals surface area contributed by atoms with Crippen LogP contribution in [0.25, 0.3) is 10.8 Å². The molecule has 0 saturated heterocycles. The molecule has 9 heteroatoms. The molecule has 0 aliphatic rings. The summed E-state index contributed by atoms with van der Waals surface area (Å²) in [6.07, 6.45) is 3.38. The first-order chi connectivity index (χ1) is 18.8. The average Bonchev–Trinajstić information content (AvgIpc) is 2.91. The van der Waals surface area contributed by atoms with Gasteiger partial charge in [-0.1, -0.05) is 70.5 Å². The summed E-state index contributed by atoms with van der Waals surface area (Å²) in [6, 6.07) is 23.8. The number of carbonyl (C=O) groups is 2. The number of hydrogen-bond acceptors (Lipinski definition) is 5. The molecule has 5 N–H and O–H groups in total. The first-order valence-corrected chi connectivity index (χ1v) is 13.9. The molecule has 0 aliphatic carbocycles. The summed E-state index contributed by atoms with van der Waals surface area (Å²) in [5, 5.41) is 18.2. The number of nitrogens with two attached hydrogens (primary N) is 1. The summed E-state index contributed by atoms with van der Waals surface area (Å²) in [5.41, 5.74) is 8.00. The van der Waals surface area contributed by atoms with Crippen LogP contribution in [0.3, 0.4) is 0 Å². The second kappa shape index (κ2) is 13.3. The number of para-hydroxylation sites is 2. The minimum absolute atomic E-state index is 0.00321. The summed E-state index contributed by atoms with van der Waals surface area (Å²) < 4.78 is 7.03. The second-order valence-electron chi connectivity index (χ2n) is 8.78. The summed E-state index contributed by atoms with van der Waals surface area (Å²) >= 11 is 6.79. The Morgan fingerprint density at radius 3 is 2.49 bits per heavy atom. The first kappa shape index (κ1) is 28.2. The normalized spacial score (nSPS) is 11.8. The zero-order valence-corrected chi connectivity index (χ0v) is 24.0. The van der Waals surface area contributed by atoms with E-state index in [1.54, 1.807) is 42.5 Å². The molecular formula is C30H27Br2N3O4. The van der Waals surface area contributed by atoms with Gasteiger partial charge in [0, 0.05) is 15.4 Å². The van der Waals surface area contributed by atoms with Crippen molar-refractivity contribution in [2.24, 2.45) is 0 Å². The number of anilines is 3. The maximum absolute atomic E-state index is 13.0. The number of unbranched alkanes of at least 4 members (excludes halogenated alkanes) is 1. The number of halogens is 2. The molecule has 4 aromatic rings. The standard InChI is InChI=1S/C30H27Br2N3O4/c31-20-17-22(29(37)23(32)18-20)27(15-2-1-3-16-28(36)34-26-13-7-6-12-24(26)33)39-30(38)35-25-14-8-10-19-9-4-5-11-21(19)25/h3-14,16-18,27,37H,1-2,15,33H2,(H,34,36)(H,35,38)/b16-3+/t27-/m0/s1. The lowest BCUT2D eigenvalue weighted by molar-refractivity contribution is -0.111. The van der Waals surface area contributed by atoms with Crippen molar-refractivity contribution in [1.29, 1.82) is 0 Å². The number of carbonyl (C=O) groups excluding carboxylic acids is 2. The van der Waals surface area contributed by atoms with Crippen LogP contribution in [-0.2, 0) is 9.53 Å². The molecule has 0 unspecified atom stereocenters. The van der Waals surface area contributed by atoms with Gasteiger partial charge in [-0.15, -0.1) is 0 Å². The predicted molar refractivity (Wildman–Crippen MR) is 163 cm³/mol. The molecule has 0 spiro atoms. The number of phenolic OH excluding ortho intramolecular Hbond substituents is 1. The second-order valence-corrected chi connectivity index (χ2v) is 10.6. The number of allylic oxidation sites excluding steroid dienone is 1. The molecule has 2 amide bonds. The summed E-state index contributed by atoms with van der Waals surface area (Å²) in [5.74, 6) is -0.291. The Balaban J connectivity index is 1.43. The molecule has 4 aromatic carbocycles. The van der Waals surface area contributed by atoms with E-state index in [0.717, 1.165) is 15.2 Å². The van der Waals surface area contributed by atoms with Crippen LogP contribution in [0.15, 0.2) is 100.0 Å². The highest BCUT2D eigenvalue weighted by Crippen LogP contribution is 2.39. The van der Waals surface area contributed by atoms with Gasteiger partial charge < -0.3 is 20.9 Å². The van der Waals surface area contributed by atoms with Gasteiger partial charge in [0.2, 0.25) is 5.91 Å². The van der Waals surface area contributed by atoms with Crippen molar-refractivity contribution in [3.63, 3.8) is 0 Å². The molecule has 0 saturated carbocycles. The molecule has 4 rings (SSSR count). The topological polar surface area (TPSA) is 114 Å². The van der Waals surface area contributed by atoms with Crippen LogP contribution in [0.4, 0.5) is 21.9 Å². The van der Waals surface area contributed by atoms with Crippen LogP contribution in [0.2, 0.25) is 0 Å². The van der Waals surface area contributed by atoms with E-state index in [1.807, 2.05) is 42.5 Å². The van der Waals surface area contributed by atoms with E-state index in [4.69, 9.17) is 10.5 Å². The Morgan fingerprint density at radius 2 is 1.67 bits per heavy atom. The van der Waals surface area contributed by atoms with E-state index in [2.05, 4.69) is 42.5 Å². The minimum Gasteiger partial charge on any atom is -0.506 e. The predicted octanol–water partition coefficient (Wildman–Crippen LogP) is 8.31. The van der Waals surface area contributed by atoms with Crippen LogP contribution in [0, 0.1) is 0 Å². The largest absolute Gasteiger partial charge is 0.506 e. The fraction of sp³-hybridized carbons (Fsp3) is 0.133. The molecule has 0 radical (unpaired) electrons. The molecule has 0 aliphatic heterocycles. The highest BCUT2D eigenvalue weighted by molar-refractivity contribution is 9.11. The summed E-state index contributed by atoms with van der Waals surface area (Å²) in [7, 11) is 0. The molecule has 0 bridgehead atoms. The van der Waals surface area contributed by atoms with Crippen molar-refractivity contribution >= 4 is 71.7 Å². The molecule has 7 nitrogen and oxygen atoms in total. The number of phenols is 1. The highest BCUT2D eigenvalue weighted by atomic mass is 79.9. The third-order valence-corrected chi connectivity index (χ3v) is 7.07. The monoisotopic (exact) mass is 651 g/mol. The Kier molecular flexibility index (Phi) is 9.62. The zero-order valence-electron chi connectivity index (χ0n) is 20.9. The molecule has 200 valence electrons. The van der Waals surface area contributed by atoms with Crippen molar-refractivity contribution in [3.8, 4) is 5.75 Å². The number of hydrogen-bond donors (Lipinski definition) is 4. The van der Waals surface area contributed by atoms with E-state index >= 15 is 0 Å². The number of ether oxygens (including phenoxy) is 1. The van der Waals surface area contributed by atoms with Crippen LogP contribution in [-0.4, -0.2) is 17.1 Å². The van der Waals surface area contributed by atoms with Crippen LogP contribution in [0.5, 0.6) is 5.75 Å². The van der Waals surface area contributed by atoms with Gasteiger partial charge in [0.1, 0.15) is 11.9 Å². The Hall–Kier alpha value is -3.82. The maximum Gasteiger partial charge on any atom is 0.412 e. The number of nitrogen functional groups attached to an aromatic ring is 1. The van der Waals surface area contributed by atoms with Crippen molar-refractivity contribution < 1.29 is 19.4 Å². The van der Waals surface area contributed by atoms with Gasteiger partial charge >= 0.3 is 6.09 Å². The van der Waals surface area contributed by atoms with Gasteiger partial charge in [-0.2, -0.15) is 0 Å². The SMILES string of the molecule is Nc1ccccc1NC(=O)/C=C/CCC[C@H](OC(=O)Nc1cccc2ccccc12)c1cc(Br)cc(Br)c1O. The van der Waals surface area contributed by atoms with Crippen molar-refractivity contribution in [3.05, 3.63) is 106 Å². The lowest BCUT2D eigenvalue weighted by Crippen LogP contribution is -2.18. The smallest absolute Gasteiger partial charge is 0.412 e. The number of amides is 2. The fourth-order valence-corrected chi connectivity index (χ4v) is 5.37. The number of rotatable bonds is 9. The number of fused-ring (bicyclic) bond motifs is 1. The van der Waals surface area contributed by atoms with Gasteiger partial charge in [0.05, 0.1) is 21.5 Å². The Bertz CT molecular complexity index is 1520. The quantitative estimate of drug-likeness (QED) is 0.0825. The van der Waals surface area contributed by atoms with E-state index in [1.165, 1.54) is 6.08 Å². The van der Waals surface area contributed by atoms with E-state index < -0.39 is 12.2 Å². The van der Waals surface area contributed by atoms with Gasteiger partial charge in [-0.3, -0.25) is 10.1 Å². The van der Waals surface area contributed by atoms with E-state index in [0.29, 0.717) is 46.4 Å². The van der Waals surface area contributed by atoms with E-state index in [9.17, 15) is 14.7 Å². The van der Waals surface area contributed by atoms with Gasteiger partial charge in [0.15, 0.2) is 0 Å². The van der Waals surface area contributed by atoms with Crippen molar-refractivity contribution in [1.82, 2.24) is 0 Å². The summed E-state index contributed by atoms with van der Waals surface area (Å²) in [4.78, 5) is 25.2. The Morgan fingerprint density at radius 1 is 0.949 bits per heavy atom. The molecule has 39 heavy (non-hydrogen) atoms. The van der Waals surface area contributed by atoms with Crippen molar-refractivity contribution in [2.45, 2.75) is 25.4 Å². The maximum atomic E-state index is 13.0. The zero-order chi connectivity index (χ0) is 27.8. The first-order valence-electron chi connectivity index (χ1n) is 12.3. The van der Waals surface area contributed by atoms with Crippen molar-refractivity contribution in [2.75, 3.05) is 16.4 Å². The fourth-order valence-electron chi connectivity index (χ4n) is 4.11. The third-order valence-electron chi connectivity index (χ3n) is 6.01. The lowest BCUT2D eigenvalue weighted by atomic mass is 10.0. The van der Waals surface area contributed by atoms with E-state index in [-0.39, 0.29) is 11.7 Å². The molecule has 1 atom stereocenters. The van der Waals surface area contributed by atoms with Gasteiger partial charge in [0.25, 0.3) is 0 Å². The summed E-state index contributed by atoms with van der Waals surface area (Å²) in [6.45, 7) is 0. The minimum atomic E-state index is -0.736. The number of nitrogens with one attached hydrogen (secondary N) is 2. The van der Waals surface area contributed by atoms with Gasteiger partial charge in [-0.05, 0) is 77.0 Å². The molecule has 0 aromatic heterocycles. The number of aromatic hydroxyl groups is 1. The molecule has 0 fully saturated rings. The van der Waals surface area contributed by atoms with Crippen LogP contribution < -0.4 is 16.4 Å². The molecular weight excluding hydrogens is 626 g/mol. The van der Waals surface area contributed by atoms with Crippen LogP contribution in [0.1, 0.15) is 30.9 Å². The Labute approximate surface area is 243 Å². The van der Waals surface area contributed by atoms with Crippen LogP contribution >= 0.6 is 31.9 Å². The molecule has 0 heterocycles. The third kappa shape index (κ3) is 7.61. The lowest BCUT2D eigenvalue weighted by Gasteiger charge is -2.21. The van der Waals surface area contributed by atoms with Gasteiger partial charge in [-0.25, -0.2) is 4.79 Å². The average molecular weight is 653 g/mol.